The van der Waals surface area contributed by atoms with Crippen molar-refractivity contribution in [3.63, 3.8) is 0 Å². The summed E-state index contributed by atoms with van der Waals surface area (Å²) in [5.74, 6) is 0.622. The maximum atomic E-state index is 11.1. The lowest BCUT2D eigenvalue weighted by atomic mass is 10.3. The van der Waals surface area contributed by atoms with E-state index in [1.165, 1.54) is 0 Å². The number of halogens is 1. The summed E-state index contributed by atoms with van der Waals surface area (Å²) in [6.45, 7) is 0.498. The zero-order chi connectivity index (χ0) is 9.47. The van der Waals surface area contributed by atoms with Crippen LogP contribution in [0, 0.1) is 0 Å². The summed E-state index contributed by atoms with van der Waals surface area (Å²) in [6, 6.07) is 0. The Balaban J connectivity index is 2.42. The first-order chi connectivity index (χ1) is 6.07. The zero-order valence-electron chi connectivity index (χ0n) is 6.64. The Hall–Kier alpha value is -0.370. The van der Waals surface area contributed by atoms with Gasteiger partial charge in [0.25, 0.3) is 10.0 Å². The van der Waals surface area contributed by atoms with Crippen LogP contribution in [-0.2, 0) is 10.0 Å². The van der Waals surface area contributed by atoms with Crippen molar-refractivity contribution < 1.29 is 8.42 Å². The number of hydrogen-bond acceptors (Lipinski definition) is 3. The molecular weight excluding hydrogens is 303 g/mol. The predicted molar refractivity (Wildman–Crippen MR) is 59.2 cm³/mol. The normalized spacial score (nSPS) is 24.8. The Kier molecular flexibility index (Phi) is 2.18. The summed E-state index contributed by atoms with van der Waals surface area (Å²) in [6.07, 6.45) is 5.46. The molecule has 4 nitrogen and oxygen atoms in total. The van der Waals surface area contributed by atoms with Gasteiger partial charge in [-0.15, -0.1) is 4.40 Å². The minimum absolute atomic E-state index is 0.102. The number of hydrogen-bond donors (Lipinski definition) is 0. The number of fused-ring (bicyclic) bond motifs is 1. The van der Waals surface area contributed by atoms with E-state index in [-0.39, 0.29) is 5.75 Å². The van der Waals surface area contributed by atoms with Crippen LogP contribution in [0.5, 0.6) is 0 Å². The second kappa shape index (κ2) is 3.09. The van der Waals surface area contributed by atoms with Gasteiger partial charge in [-0.1, -0.05) is 0 Å². The highest BCUT2D eigenvalue weighted by Gasteiger charge is 2.22. The molecule has 0 aromatic rings. The lowest BCUT2D eigenvalue weighted by Crippen LogP contribution is -2.36. The molecule has 0 spiro atoms. The molecule has 6 heteroatoms. The van der Waals surface area contributed by atoms with Crippen molar-refractivity contribution >= 4 is 38.4 Å². The van der Waals surface area contributed by atoms with Crippen molar-refractivity contribution in [2.75, 3.05) is 12.3 Å². The standard InChI is InChI=1S/C7H7IN2O2S/c8-6-1-2-7-9-13(11,12)4-3-10(7)5-6/h1-2,5H,3-4H2. The molecule has 0 N–H and O–H groups in total. The van der Waals surface area contributed by atoms with E-state index in [9.17, 15) is 8.42 Å². The molecule has 13 heavy (non-hydrogen) atoms. The first-order valence-electron chi connectivity index (χ1n) is 3.71. The zero-order valence-corrected chi connectivity index (χ0v) is 9.62. The van der Waals surface area contributed by atoms with E-state index in [1.54, 1.807) is 6.08 Å². The fourth-order valence-corrected chi connectivity index (χ4v) is 2.66. The highest BCUT2D eigenvalue weighted by Crippen LogP contribution is 2.18. The molecule has 2 aliphatic rings. The number of sulfonamides is 1. The Labute approximate surface area is 90.2 Å². The monoisotopic (exact) mass is 310 g/mol. The smallest absolute Gasteiger partial charge is 0.256 e. The minimum atomic E-state index is -3.21. The molecule has 0 saturated carbocycles. The largest absolute Gasteiger partial charge is 0.330 e. The van der Waals surface area contributed by atoms with E-state index in [2.05, 4.69) is 27.0 Å². The highest BCUT2D eigenvalue weighted by atomic mass is 127. The van der Waals surface area contributed by atoms with Crippen molar-refractivity contribution in [1.29, 1.82) is 0 Å². The van der Waals surface area contributed by atoms with Crippen LogP contribution in [0.1, 0.15) is 0 Å². The Morgan fingerprint density at radius 2 is 2.23 bits per heavy atom. The molecule has 0 unspecified atom stereocenters. The van der Waals surface area contributed by atoms with E-state index >= 15 is 0 Å². The van der Waals surface area contributed by atoms with Gasteiger partial charge in [-0.3, -0.25) is 0 Å². The van der Waals surface area contributed by atoms with Gasteiger partial charge >= 0.3 is 0 Å². The third kappa shape index (κ3) is 1.93. The van der Waals surface area contributed by atoms with Gasteiger partial charge in [0, 0.05) is 16.3 Å². The van der Waals surface area contributed by atoms with E-state index < -0.39 is 10.0 Å². The topological polar surface area (TPSA) is 49.7 Å². The van der Waals surface area contributed by atoms with Gasteiger partial charge in [0.15, 0.2) is 0 Å². The van der Waals surface area contributed by atoms with Crippen molar-refractivity contribution in [3.8, 4) is 0 Å². The van der Waals surface area contributed by atoms with Crippen LogP contribution >= 0.6 is 22.6 Å². The van der Waals surface area contributed by atoms with Crippen LogP contribution in [0.4, 0.5) is 0 Å². The summed E-state index contributed by atoms with van der Waals surface area (Å²) in [5, 5.41) is 0. The van der Waals surface area contributed by atoms with Crippen LogP contribution in [-0.4, -0.2) is 31.5 Å². The van der Waals surface area contributed by atoms with Gasteiger partial charge in [0.2, 0.25) is 0 Å². The SMILES string of the molecule is O=S1(=O)CCN2C=C(I)C=CC2=N1. The first-order valence-corrected chi connectivity index (χ1v) is 6.40. The summed E-state index contributed by atoms with van der Waals surface area (Å²) < 4.78 is 27.0. The van der Waals surface area contributed by atoms with Crippen LogP contribution in [0.2, 0.25) is 0 Å². The summed E-state index contributed by atoms with van der Waals surface area (Å²) in [5.41, 5.74) is 0. The number of rotatable bonds is 0. The molecule has 0 fully saturated rings. The third-order valence-electron chi connectivity index (χ3n) is 1.79. The molecule has 0 amide bonds. The molecule has 2 aliphatic heterocycles. The number of allylic oxidation sites excluding steroid dienone is 2. The molecule has 2 rings (SSSR count). The third-order valence-corrected chi connectivity index (χ3v) is 3.59. The molecule has 0 bridgehead atoms. The van der Waals surface area contributed by atoms with Gasteiger partial charge in [0.05, 0.1) is 5.75 Å². The summed E-state index contributed by atoms with van der Waals surface area (Å²) in [4.78, 5) is 1.85. The molecule has 0 aromatic carbocycles. The van der Waals surface area contributed by atoms with Gasteiger partial charge in [-0.25, -0.2) is 8.42 Å². The Morgan fingerprint density at radius 1 is 1.46 bits per heavy atom. The molecule has 70 valence electrons. The molecule has 0 aliphatic carbocycles. The minimum Gasteiger partial charge on any atom is -0.330 e. The van der Waals surface area contributed by atoms with Gasteiger partial charge in [-0.2, -0.15) is 0 Å². The maximum absolute atomic E-state index is 11.1. The van der Waals surface area contributed by atoms with Crippen molar-refractivity contribution in [2.24, 2.45) is 4.40 Å². The number of nitrogens with zero attached hydrogens (tertiary/aromatic N) is 2. The lowest BCUT2D eigenvalue weighted by Gasteiger charge is -2.26. The molecule has 0 radical (unpaired) electrons. The second-order valence-electron chi connectivity index (χ2n) is 2.78. The van der Waals surface area contributed by atoms with Crippen molar-refractivity contribution in [3.05, 3.63) is 21.9 Å². The fourth-order valence-electron chi connectivity index (χ4n) is 1.17. The van der Waals surface area contributed by atoms with Gasteiger partial charge in [-0.05, 0) is 34.7 Å². The Bertz CT molecular complexity index is 422. The quantitative estimate of drug-likeness (QED) is 0.624. The van der Waals surface area contributed by atoms with E-state index in [0.29, 0.717) is 12.4 Å². The second-order valence-corrected chi connectivity index (χ2v) is 5.78. The Morgan fingerprint density at radius 3 is 3.00 bits per heavy atom. The van der Waals surface area contributed by atoms with E-state index in [4.69, 9.17) is 0 Å². The van der Waals surface area contributed by atoms with E-state index in [0.717, 1.165) is 3.58 Å². The first kappa shape index (κ1) is 9.20. The van der Waals surface area contributed by atoms with Crippen molar-refractivity contribution in [1.82, 2.24) is 4.90 Å². The average molecular weight is 310 g/mol. The lowest BCUT2D eigenvalue weighted by molar-refractivity contribution is 0.548. The van der Waals surface area contributed by atoms with Gasteiger partial charge in [0.1, 0.15) is 5.84 Å². The molecule has 0 aromatic heterocycles. The molecule has 0 atom stereocenters. The summed E-state index contributed by atoms with van der Waals surface area (Å²) in [7, 11) is -3.21. The van der Waals surface area contributed by atoms with Crippen LogP contribution in [0.25, 0.3) is 0 Å². The fraction of sp³-hybridized carbons (Fsp3) is 0.286. The average Bonchev–Trinajstić information content (AvgIpc) is 2.05. The molecule has 2 heterocycles. The van der Waals surface area contributed by atoms with Crippen molar-refractivity contribution in [2.45, 2.75) is 0 Å². The summed E-state index contributed by atoms with van der Waals surface area (Å²) >= 11 is 2.18. The maximum Gasteiger partial charge on any atom is 0.256 e. The molecular formula is C7H7IN2O2S. The van der Waals surface area contributed by atoms with Crippen LogP contribution in [0.3, 0.4) is 0 Å². The number of amidine groups is 1. The molecule has 0 saturated heterocycles. The van der Waals surface area contributed by atoms with Crippen LogP contribution < -0.4 is 0 Å². The highest BCUT2D eigenvalue weighted by molar-refractivity contribution is 14.1. The van der Waals surface area contributed by atoms with Gasteiger partial charge < -0.3 is 4.90 Å². The van der Waals surface area contributed by atoms with Crippen LogP contribution in [0.15, 0.2) is 26.3 Å². The van der Waals surface area contributed by atoms with E-state index in [1.807, 2.05) is 17.2 Å². The predicted octanol–water partition coefficient (Wildman–Crippen LogP) is 0.877.